The fourth-order valence-corrected chi connectivity index (χ4v) is 2.66. The number of phenolic OH excluding ortho intramolecular Hbond substituents is 1. The van der Waals surface area contributed by atoms with Crippen LogP contribution in [0, 0.1) is 0 Å². The molecular formula is C19H32N2O2. The first-order valence-corrected chi connectivity index (χ1v) is 8.96. The number of unbranched alkanes of at least 4 members (excludes halogenated alkanes) is 5. The lowest BCUT2D eigenvalue weighted by atomic mass is 10.0. The molecule has 1 aromatic rings. The third kappa shape index (κ3) is 6.93. The first-order chi connectivity index (χ1) is 11.1. The minimum absolute atomic E-state index is 0.00151. The number of nitrogen functional groups attached to an aromatic ring is 1. The van der Waals surface area contributed by atoms with Gasteiger partial charge in [-0.3, -0.25) is 4.79 Å². The van der Waals surface area contributed by atoms with E-state index in [-0.39, 0.29) is 11.7 Å². The molecule has 0 aliphatic carbocycles. The topological polar surface area (TPSA) is 75.3 Å². The zero-order valence-corrected chi connectivity index (χ0v) is 14.7. The lowest BCUT2D eigenvalue weighted by Crippen LogP contribution is -2.22. The van der Waals surface area contributed by atoms with Gasteiger partial charge in [-0.05, 0) is 24.8 Å². The van der Waals surface area contributed by atoms with Crippen molar-refractivity contribution < 1.29 is 9.90 Å². The summed E-state index contributed by atoms with van der Waals surface area (Å²) in [5, 5.41) is 13.0. The molecule has 0 saturated carbocycles. The van der Waals surface area contributed by atoms with Crippen molar-refractivity contribution in [3.8, 4) is 5.75 Å². The first kappa shape index (κ1) is 19.3. The molecule has 0 atom stereocenters. The lowest BCUT2D eigenvalue weighted by Gasteiger charge is -2.12. The van der Waals surface area contributed by atoms with E-state index in [1.54, 1.807) is 0 Å². The molecule has 0 saturated heterocycles. The highest BCUT2D eigenvalue weighted by molar-refractivity contribution is 5.76. The van der Waals surface area contributed by atoms with Crippen LogP contribution in [0.3, 0.4) is 0 Å². The van der Waals surface area contributed by atoms with E-state index in [4.69, 9.17) is 5.73 Å². The molecule has 1 amide bonds. The van der Waals surface area contributed by atoms with Gasteiger partial charge in [-0.1, -0.05) is 58.1 Å². The Balaban J connectivity index is 2.48. The third-order valence-corrected chi connectivity index (χ3v) is 4.14. The van der Waals surface area contributed by atoms with Gasteiger partial charge in [-0.25, -0.2) is 0 Å². The van der Waals surface area contributed by atoms with Gasteiger partial charge in [-0.2, -0.15) is 0 Å². The number of aromatic hydroxyl groups is 1. The van der Waals surface area contributed by atoms with Gasteiger partial charge in [0, 0.05) is 18.5 Å². The lowest BCUT2D eigenvalue weighted by molar-refractivity contribution is -0.121. The van der Waals surface area contributed by atoms with E-state index in [0.717, 1.165) is 24.8 Å². The predicted octanol–water partition coefficient (Wildman–Crippen LogP) is 4.29. The molecule has 4 nitrogen and oxygen atoms in total. The minimum atomic E-state index is 0.00151. The summed E-state index contributed by atoms with van der Waals surface area (Å²) in [4.78, 5) is 11.5. The zero-order chi connectivity index (χ0) is 17.1. The Morgan fingerprint density at radius 2 is 1.70 bits per heavy atom. The average Bonchev–Trinajstić information content (AvgIpc) is 2.54. The van der Waals surface area contributed by atoms with Crippen LogP contribution in [0.1, 0.15) is 76.3 Å². The van der Waals surface area contributed by atoms with Gasteiger partial charge in [0.05, 0.1) is 5.69 Å². The number of nitrogens with two attached hydrogens (primary N) is 1. The van der Waals surface area contributed by atoms with Crippen LogP contribution in [0.2, 0.25) is 0 Å². The Labute approximate surface area is 140 Å². The van der Waals surface area contributed by atoms with Gasteiger partial charge in [-0.15, -0.1) is 0 Å². The van der Waals surface area contributed by atoms with E-state index in [1.807, 2.05) is 19.1 Å². The van der Waals surface area contributed by atoms with Crippen LogP contribution in [-0.2, 0) is 17.8 Å². The Bertz CT molecular complexity index is 487. The zero-order valence-electron chi connectivity index (χ0n) is 14.7. The first-order valence-electron chi connectivity index (χ1n) is 8.96. The number of anilines is 1. The Morgan fingerprint density at radius 3 is 2.39 bits per heavy atom. The number of rotatable bonds is 11. The molecule has 1 rings (SSSR count). The monoisotopic (exact) mass is 320 g/mol. The molecule has 130 valence electrons. The summed E-state index contributed by atoms with van der Waals surface area (Å²) in [7, 11) is 0. The van der Waals surface area contributed by atoms with Gasteiger partial charge < -0.3 is 16.2 Å². The van der Waals surface area contributed by atoms with E-state index in [2.05, 4.69) is 12.2 Å². The maximum atomic E-state index is 11.5. The Hall–Kier alpha value is -1.71. The van der Waals surface area contributed by atoms with Crippen LogP contribution in [-0.4, -0.2) is 11.0 Å². The highest BCUT2D eigenvalue weighted by atomic mass is 16.3. The van der Waals surface area contributed by atoms with Crippen LogP contribution in [0.4, 0.5) is 5.69 Å². The number of nitrogens with one attached hydrogen (secondary N) is 1. The van der Waals surface area contributed by atoms with Crippen molar-refractivity contribution >= 4 is 11.6 Å². The SMILES string of the molecule is CCCCCCCCc1ccc(CNC(=O)CCC)c(O)c1N. The Kier molecular flexibility index (Phi) is 9.18. The van der Waals surface area contributed by atoms with Crippen molar-refractivity contribution in [3.63, 3.8) is 0 Å². The van der Waals surface area contributed by atoms with E-state index in [9.17, 15) is 9.90 Å². The van der Waals surface area contributed by atoms with Crippen molar-refractivity contribution in [1.82, 2.24) is 5.32 Å². The molecule has 0 aliphatic rings. The van der Waals surface area contributed by atoms with Gasteiger partial charge in [0.15, 0.2) is 0 Å². The maximum Gasteiger partial charge on any atom is 0.220 e. The normalized spacial score (nSPS) is 10.7. The number of carbonyl (C=O) groups is 1. The van der Waals surface area contributed by atoms with Crippen LogP contribution in [0.25, 0.3) is 0 Å². The summed E-state index contributed by atoms with van der Waals surface area (Å²) in [6.45, 7) is 4.51. The molecule has 0 aliphatic heterocycles. The predicted molar refractivity (Wildman–Crippen MR) is 96.4 cm³/mol. The van der Waals surface area contributed by atoms with Crippen LogP contribution in [0.5, 0.6) is 5.75 Å². The highest BCUT2D eigenvalue weighted by Crippen LogP contribution is 2.29. The number of benzene rings is 1. The van der Waals surface area contributed by atoms with Crippen molar-refractivity contribution in [2.24, 2.45) is 0 Å². The van der Waals surface area contributed by atoms with Crippen LogP contribution < -0.4 is 11.1 Å². The Morgan fingerprint density at radius 1 is 1.04 bits per heavy atom. The van der Waals surface area contributed by atoms with E-state index >= 15 is 0 Å². The molecule has 0 unspecified atom stereocenters. The van der Waals surface area contributed by atoms with E-state index in [0.29, 0.717) is 24.2 Å². The summed E-state index contributed by atoms with van der Waals surface area (Å²) in [6, 6.07) is 3.84. The second kappa shape index (κ2) is 10.9. The molecule has 0 aromatic heterocycles. The van der Waals surface area contributed by atoms with Crippen LogP contribution >= 0.6 is 0 Å². The van der Waals surface area contributed by atoms with Crippen molar-refractivity contribution in [1.29, 1.82) is 0 Å². The molecule has 0 radical (unpaired) electrons. The standard InChI is InChI=1S/C19H32N2O2/c1-3-5-6-7-8-9-11-15-12-13-16(19(23)18(15)20)14-21-17(22)10-4-2/h12-13,23H,3-11,14,20H2,1-2H3,(H,21,22). The van der Waals surface area contributed by atoms with E-state index in [1.165, 1.54) is 32.1 Å². The molecule has 0 spiro atoms. The number of hydrogen-bond acceptors (Lipinski definition) is 3. The summed E-state index contributed by atoms with van der Waals surface area (Å²) in [5.41, 5.74) is 8.19. The van der Waals surface area contributed by atoms with Crippen molar-refractivity contribution in [3.05, 3.63) is 23.3 Å². The smallest absolute Gasteiger partial charge is 0.220 e. The molecule has 23 heavy (non-hydrogen) atoms. The molecule has 4 heteroatoms. The summed E-state index contributed by atoms with van der Waals surface area (Å²) in [6.07, 6.45) is 9.65. The molecule has 1 aromatic carbocycles. The summed E-state index contributed by atoms with van der Waals surface area (Å²) < 4.78 is 0. The quantitative estimate of drug-likeness (QED) is 0.323. The summed E-state index contributed by atoms with van der Waals surface area (Å²) in [5.74, 6) is 0.118. The number of amides is 1. The third-order valence-electron chi connectivity index (χ3n) is 4.14. The molecule has 0 heterocycles. The number of phenols is 1. The number of carbonyl (C=O) groups excluding carboxylic acids is 1. The number of aryl methyl sites for hydroxylation is 1. The van der Waals surface area contributed by atoms with Gasteiger partial charge in [0.1, 0.15) is 5.75 Å². The van der Waals surface area contributed by atoms with Gasteiger partial charge >= 0.3 is 0 Å². The van der Waals surface area contributed by atoms with Crippen molar-refractivity contribution in [2.45, 2.75) is 78.2 Å². The highest BCUT2D eigenvalue weighted by Gasteiger charge is 2.10. The number of hydrogen-bond donors (Lipinski definition) is 3. The molecule has 4 N–H and O–H groups in total. The fraction of sp³-hybridized carbons (Fsp3) is 0.632. The van der Waals surface area contributed by atoms with Crippen molar-refractivity contribution in [2.75, 3.05) is 5.73 Å². The van der Waals surface area contributed by atoms with E-state index < -0.39 is 0 Å². The second-order valence-corrected chi connectivity index (χ2v) is 6.19. The van der Waals surface area contributed by atoms with Gasteiger partial charge in [0.25, 0.3) is 0 Å². The molecule has 0 bridgehead atoms. The summed E-state index contributed by atoms with van der Waals surface area (Å²) >= 11 is 0. The molecular weight excluding hydrogens is 288 g/mol. The average molecular weight is 320 g/mol. The largest absolute Gasteiger partial charge is 0.505 e. The fourth-order valence-electron chi connectivity index (χ4n) is 2.66. The van der Waals surface area contributed by atoms with Gasteiger partial charge in [0.2, 0.25) is 5.91 Å². The second-order valence-electron chi connectivity index (χ2n) is 6.19. The maximum absolute atomic E-state index is 11.5. The van der Waals surface area contributed by atoms with Crippen LogP contribution in [0.15, 0.2) is 12.1 Å². The molecule has 0 fully saturated rings. The minimum Gasteiger partial charge on any atom is -0.505 e.